The number of carbonyl (C=O) groups is 1. The maximum Gasteiger partial charge on any atom is 0.247 e. The summed E-state index contributed by atoms with van der Waals surface area (Å²) in [5.74, 6) is 0.826. The van der Waals surface area contributed by atoms with Gasteiger partial charge in [-0.15, -0.1) is 0 Å². The molecule has 3 N–H and O–H groups in total. The fourth-order valence-electron chi connectivity index (χ4n) is 4.43. The lowest BCUT2D eigenvalue weighted by Gasteiger charge is -2.32. The lowest BCUT2D eigenvalue weighted by atomic mass is 10.1. The smallest absolute Gasteiger partial charge is 0.247 e. The van der Waals surface area contributed by atoms with Crippen LogP contribution in [0.3, 0.4) is 0 Å². The summed E-state index contributed by atoms with van der Waals surface area (Å²) in [7, 11) is 2.17. The Bertz CT molecular complexity index is 1470. The largest absolute Gasteiger partial charge is 0.493 e. The highest BCUT2D eigenvalue weighted by Crippen LogP contribution is 2.33. The first kappa shape index (κ1) is 26.6. The molecule has 0 bridgehead atoms. The number of hydrogen-bond donors (Lipinski definition) is 3. The van der Waals surface area contributed by atoms with Crippen molar-refractivity contribution in [2.24, 2.45) is 0 Å². The topological polar surface area (TPSA) is 111 Å². The van der Waals surface area contributed by atoms with E-state index in [4.69, 9.17) is 21.3 Å². The molecule has 3 heterocycles. The van der Waals surface area contributed by atoms with Crippen LogP contribution in [0.4, 0.5) is 17.3 Å². The predicted octanol–water partition coefficient (Wildman–Crippen LogP) is 4.56. The molecule has 1 saturated heterocycles. The molecule has 0 spiro atoms. The van der Waals surface area contributed by atoms with E-state index in [-0.39, 0.29) is 5.91 Å². The molecule has 1 amide bonds. The van der Waals surface area contributed by atoms with Gasteiger partial charge in [-0.1, -0.05) is 36.4 Å². The fourth-order valence-corrected chi connectivity index (χ4v) is 4.65. The maximum atomic E-state index is 11.8. The number of benzene rings is 2. The summed E-state index contributed by atoms with van der Waals surface area (Å²) >= 11 is 6.40. The number of rotatable bonds is 10. The normalized spacial score (nSPS) is 14.3. The van der Waals surface area contributed by atoms with Crippen LogP contribution in [0, 0.1) is 0 Å². The maximum absolute atomic E-state index is 11.8. The molecule has 4 aromatic rings. The van der Waals surface area contributed by atoms with E-state index in [1.54, 1.807) is 6.07 Å². The van der Waals surface area contributed by atoms with Gasteiger partial charge in [0.2, 0.25) is 11.9 Å². The zero-order chi connectivity index (χ0) is 27.2. The minimum absolute atomic E-state index is 0.301. The number of amides is 1. The number of nitrogens with zero attached hydrogens (tertiary/aromatic N) is 5. The van der Waals surface area contributed by atoms with Crippen LogP contribution < -0.4 is 15.4 Å². The predicted molar refractivity (Wildman–Crippen MR) is 155 cm³/mol. The van der Waals surface area contributed by atoms with E-state index >= 15 is 0 Å². The number of H-pyrrole nitrogens is 1. The highest BCUT2D eigenvalue weighted by atomic mass is 35.5. The van der Waals surface area contributed by atoms with Crippen LogP contribution >= 0.6 is 11.6 Å². The molecule has 0 unspecified atom stereocenters. The summed E-state index contributed by atoms with van der Waals surface area (Å²) in [5, 5.41) is 14.0. The zero-order valence-corrected chi connectivity index (χ0v) is 22.5. The summed E-state index contributed by atoms with van der Waals surface area (Å²) in [4.78, 5) is 25.9. The van der Waals surface area contributed by atoms with E-state index in [1.165, 1.54) is 6.08 Å². The molecule has 1 aliphatic heterocycles. The Morgan fingerprint density at radius 2 is 1.92 bits per heavy atom. The van der Waals surface area contributed by atoms with Crippen LogP contribution in [0.25, 0.3) is 22.3 Å². The first-order chi connectivity index (χ1) is 19.0. The summed E-state index contributed by atoms with van der Waals surface area (Å²) in [5.41, 5.74) is 3.13. The van der Waals surface area contributed by atoms with Gasteiger partial charge in [-0.3, -0.25) is 9.89 Å². The second kappa shape index (κ2) is 12.2. The number of aromatic amines is 1. The minimum atomic E-state index is -0.301. The quantitative estimate of drug-likeness (QED) is 0.196. The second-order valence-corrected chi connectivity index (χ2v) is 9.78. The van der Waals surface area contributed by atoms with Gasteiger partial charge in [0.25, 0.3) is 0 Å². The van der Waals surface area contributed by atoms with Gasteiger partial charge in [-0.2, -0.15) is 10.1 Å². The average Bonchev–Trinajstić information content (AvgIpc) is 3.32. The third kappa shape index (κ3) is 6.72. The van der Waals surface area contributed by atoms with Crippen molar-refractivity contribution in [2.75, 3.05) is 57.0 Å². The Kier molecular flexibility index (Phi) is 8.36. The number of ether oxygens (including phenoxy) is 1. The van der Waals surface area contributed by atoms with E-state index in [0.29, 0.717) is 40.1 Å². The monoisotopic (exact) mass is 546 g/mol. The summed E-state index contributed by atoms with van der Waals surface area (Å²) in [6.45, 7) is 9.63. The zero-order valence-electron chi connectivity index (χ0n) is 21.8. The second-order valence-electron chi connectivity index (χ2n) is 9.41. The van der Waals surface area contributed by atoms with Crippen molar-refractivity contribution in [1.29, 1.82) is 0 Å². The minimum Gasteiger partial charge on any atom is -0.493 e. The molecular weight excluding hydrogens is 516 g/mol. The van der Waals surface area contributed by atoms with Crippen molar-refractivity contribution in [3.05, 3.63) is 66.3 Å². The van der Waals surface area contributed by atoms with Gasteiger partial charge in [0, 0.05) is 55.7 Å². The molecule has 1 fully saturated rings. The van der Waals surface area contributed by atoms with E-state index in [9.17, 15) is 4.79 Å². The van der Waals surface area contributed by atoms with Crippen molar-refractivity contribution < 1.29 is 9.53 Å². The molecule has 5 rings (SSSR count). The molecule has 0 saturated carbocycles. The van der Waals surface area contributed by atoms with Crippen molar-refractivity contribution in [3.63, 3.8) is 0 Å². The molecule has 0 aliphatic carbocycles. The molecule has 1 aliphatic rings. The first-order valence-corrected chi connectivity index (χ1v) is 13.2. The van der Waals surface area contributed by atoms with E-state index < -0.39 is 0 Å². The van der Waals surface area contributed by atoms with Gasteiger partial charge in [-0.25, -0.2) is 4.98 Å². The average molecular weight is 547 g/mol. The van der Waals surface area contributed by atoms with Crippen LogP contribution in [0.2, 0.25) is 5.15 Å². The van der Waals surface area contributed by atoms with E-state index in [1.807, 2.05) is 42.5 Å². The number of fused-ring (bicyclic) bond motifs is 1. The van der Waals surface area contributed by atoms with Crippen molar-refractivity contribution in [2.45, 2.75) is 6.42 Å². The number of halogens is 1. The number of piperazine rings is 1. The third-order valence-corrected chi connectivity index (χ3v) is 6.81. The van der Waals surface area contributed by atoms with Crippen molar-refractivity contribution >= 4 is 45.9 Å². The standard InChI is InChI=1S/C28H31ClN8O2/c1-3-23(38)30-20-8-4-7-19(17-20)25-24-26(29)34-35-27(24)33-28(32-25)31-21-9-5-10-22(18-21)39-16-6-11-37-14-12-36(2)13-15-37/h3-5,7-10,17-18H,1,6,11-16H2,2H3,(H,30,38)(H2,31,32,33,34,35). The summed E-state index contributed by atoms with van der Waals surface area (Å²) in [6.07, 6.45) is 2.19. The van der Waals surface area contributed by atoms with Gasteiger partial charge in [-0.05, 0) is 43.8 Å². The molecule has 10 nitrogen and oxygen atoms in total. The molecular formula is C28H31ClN8O2. The fraction of sp³-hybridized carbons (Fsp3) is 0.286. The van der Waals surface area contributed by atoms with E-state index in [0.717, 1.165) is 56.1 Å². The molecule has 39 heavy (non-hydrogen) atoms. The van der Waals surface area contributed by atoms with Crippen LogP contribution in [0.1, 0.15) is 6.42 Å². The summed E-state index contributed by atoms with van der Waals surface area (Å²) < 4.78 is 6.02. The number of likely N-dealkylation sites (N-methyl/N-ethyl adjacent to an activating group) is 1. The van der Waals surface area contributed by atoms with Crippen LogP contribution in [0.5, 0.6) is 5.75 Å². The first-order valence-electron chi connectivity index (χ1n) is 12.8. The molecule has 2 aromatic carbocycles. The van der Waals surface area contributed by atoms with Gasteiger partial charge in [0.05, 0.1) is 17.7 Å². The highest BCUT2D eigenvalue weighted by Gasteiger charge is 2.17. The van der Waals surface area contributed by atoms with Crippen molar-refractivity contribution in [1.82, 2.24) is 30.0 Å². The lowest BCUT2D eigenvalue weighted by Crippen LogP contribution is -2.44. The summed E-state index contributed by atoms with van der Waals surface area (Å²) in [6, 6.07) is 15.0. The number of aromatic nitrogens is 4. The Morgan fingerprint density at radius 3 is 2.74 bits per heavy atom. The van der Waals surface area contributed by atoms with Crippen LogP contribution in [-0.2, 0) is 4.79 Å². The number of anilines is 3. The Hall–Kier alpha value is -3.99. The Balaban J connectivity index is 1.30. The highest BCUT2D eigenvalue weighted by molar-refractivity contribution is 6.35. The number of nitrogens with one attached hydrogen (secondary N) is 3. The van der Waals surface area contributed by atoms with E-state index in [2.05, 4.69) is 49.2 Å². The molecule has 0 radical (unpaired) electrons. The lowest BCUT2D eigenvalue weighted by molar-refractivity contribution is -0.111. The third-order valence-electron chi connectivity index (χ3n) is 6.53. The van der Waals surface area contributed by atoms with Gasteiger partial charge >= 0.3 is 0 Å². The Labute approximate surface area is 232 Å². The molecule has 11 heteroatoms. The molecule has 202 valence electrons. The van der Waals surface area contributed by atoms with Gasteiger partial charge < -0.3 is 25.2 Å². The van der Waals surface area contributed by atoms with Gasteiger partial charge in [0.15, 0.2) is 5.65 Å². The molecule has 2 aromatic heterocycles. The number of carbonyl (C=O) groups excluding carboxylic acids is 1. The van der Waals surface area contributed by atoms with Crippen LogP contribution in [0.15, 0.2) is 61.2 Å². The Morgan fingerprint density at radius 1 is 1.13 bits per heavy atom. The van der Waals surface area contributed by atoms with Gasteiger partial charge in [0.1, 0.15) is 10.9 Å². The number of hydrogen-bond acceptors (Lipinski definition) is 8. The van der Waals surface area contributed by atoms with Crippen molar-refractivity contribution in [3.8, 4) is 17.0 Å². The SMILES string of the molecule is C=CC(=O)Nc1cccc(-c2nc(Nc3cccc(OCCCN4CCN(C)CC4)c3)nc3n[nH]c(Cl)c23)c1. The van der Waals surface area contributed by atoms with Crippen LogP contribution in [-0.4, -0.2) is 82.3 Å². The molecule has 0 atom stereocenters.